The van der Waals surface area contributed by atoms with Crippen LogP contribution in [0.4, 0.5) is 5.82 Å². The molecule has 1 fully saturated rings. The Hall–Kier alpha value is -1.54. The maximum atomic E-state index is 9.18. The van der Waals surface area contributed by atoms with Crippen LogP contribution in [0.2, 0.25) is 0 Å². The van der Waals surface area contributed by atoms with Gasteiger partial charge in [0, 0.05) is 19.6 Å². The molecule has 0 unspecified atom stereocenters. The fourth-order valence-electron chi connectivity index (χ4n) is 3.23. The van der Waals surface area contributed by atoms with E-state index in [0.717, 1.165) is 37.1 Å². The van der Waals surface area contributed by atoms with Gasteiger partial charge in [0.2, 0.25) is 0 Å². The van der Waals surface area contributed by atoms with Crippen molar-refractivity contribution in [2.24, 2.45) is 7.05 Å². The Kier molecular flexibility index (Phi) is 5.63. The summed E-state index contributed by atoms with van der Waals surface area (Å²) in [5, 5.41) is 16.8. The van der Waals surface area contributed by atoms with Gasteiger partial charge in [-0.05, 0) is 39.8 Å². The van der Waals surface area contributed by atoms with E-state index in [2.05, 4.69) is 28.4 Å². The second kappa shape index (κ2) is 7.46. The molecule has 0 amide bonds. The van der Waals surface area contributed by atoms with Crippen LogP contribution in [0, 0.1) is 18.3 Å². The summed E-state index contributed by atoms with van der Waals surface area (Å²) in [6.45, 7) is 3.86. The van der Waals surface area contributed by atoms with Gasteiger partial charge in [0.25, 0.3) is 0 Å². The van der Waals surface area contributed by atoms with E-state index in [-0.39, 0.29) is 0 Å². The van der Waals surface area contributed by atoms with Crippen LogP contribution in [0.1, 0.15) is 49.8 Å². The molecule has 0 spiro atoms. The highest BCUT2D eigenvalue weighted by molar-refractivity contribution is 5.54. The fourth-order valence-corrected chi connectivity index (χ4v) is 3.23. The highest BCUT2D eigenvalue weighted by atomic mass is 15.3. The fraction of sp³-hybridized carbons (Fsp3) is 0.750. The molecule has 1 aliphatic rings. The van der Waals surface area contributed by atoms with Gasteiger partial charge < -0.3 is 10.2 Å². The van der Waals surface area contributed by atoms with Gasteiger partial charge in [-0.1, -0.05) is 19.3 Å². The van der Waals surface area contributed by atoms with Crippen LogP contribution >= 0.6 is 0 Å². The van der Waals surface area contributed by atoms with Crippen LogP contribution in [-0.2, 0) is 7.05 Å². The van der Waals surface area contributed by atoms with E-state index in [1.807, 2.05) is 14.0 Å². The van der Waals surface area contributed by atoms with E-state index in [0.29, 0.717) is 5.56 Å². The first-order chi connectivity index (χ1) is 10.1. The lowest BCUT2D eigenvalue weighted by Gasteiger charge is -2.31. The van der Waals surface area contributed by atoms with Crippen molar-refractivity contribution in [3.05, 3.63) is 11.3 Å². The molecule has 2 rings (SSSR count). The second-order valence-electron chi connectivity index (χ2n) is 6.10. The molecular formula is C16H27N5. The Labute approximate surface area is 127 Å². The van der Waals surface area contributed by atoms with Crippen molar-refractivity contribution in [2.75, 3.05) is 25.5 Å². The number of hydrogen-bond acceptors (Lipinski definition) is 4. The molecule has 21 heavy (non-hydrogen) atoms. The van der Waals surface area contributed by atoms with Gasteiger partial charge in [0.15, 0.2) is 0 Å². The lowest BCUT2D eigenvalue weighted by molar-refractivity contribution is 0.191. The standard InChI is InChI=1S/C16H27N5/c1-13-15(12-17)16(21(3)19-13)18-10-7-11-20(2)14-8-5-4-6-9-14/h14,18H,4-11H2,1-3H3. The van der Waals surface area contributed by atoms with E-state index in [1.54, 1.807) is 4.68 Å². The normalized spacial score (nSPS) is 16.1. The number of nitriles is 1. The molecule has 0 aliphatic heterocycles. The van der Waals surface area contributed by atoms with Crippen molar-refractivity contribution in [3.63, 3.8) is 0 Å². The number of nitrogens with one attached hydrogen (secondary N) is 1. The molecule has 1 N–H and O–H groups in total. The summed E-state index contributed by atoms with van der Waals surface area (Å²) in [5.41, 5.74) is 1.46. The SMILES string of the molecule is Cc1nn(C)c(NCCCN(C)C2CCCCC2)c1C#N. The van der Waals surface area contributed by atoms with Gasteiger partial charge >= 0.3 is 0 Å². The van der Waals surface area contributed by atoms with Gasteiger partial charge in [0.05, 0.1) is 5.69 Å². The van der Waals surface area contributed by atoms with Crippen LogP contribution in [0.15, 0.2) is 0 Å². The van der Waals surface area contributed by atoms with E-state index < -0.39 is 0 Å². The van der Waals surface area contributed by atoms with Crippen LogP contribution < -0.4 is 5.32 Å². The van der Waals surface area contributed by atoms with Crippen molar-refractivity contribution >= 4 is 5.82 Å². The number of hydrogen-bond donors (Lipinski definition) is 1. The minimum Gasteiger partial charge on any atom is -0.369 e. The highest BCUT2D eigenvalue weighted by Crippen LogP contribution is 2.21. The maximum Gasteiger partial charge on any atom is 0.142 e. The number of rotatable bonds is 6. The van der Waals surface area contributed by atoms with Crippen LogP contribution in [0.25, 0.3) is 0 Å². The summed E-state index contributed by atoms with van der Waals surface area (Å²) in [6, 6.07) is 3.00. The first-order valence-corrected chi connectivity index (χ1v) is 8.01. The Morgan fingerprint density at radius 3 is 2.76 bits per heavy atom. The third kappa shape index (κ3) is 3.98. The summed E-state index contributed by atoms with van der Waals surface area (Å²) in [4.78, 5) is 2.50. The molecule has 0 saturated heterocycles. The minimum atomic E-state index is 0.665. The summed E-state index contributed by atoms with van der Waals surface area (Å²) in [7, 11) is 4.12. The third-order valence-corrected chi connectivity index (χ3v) is 4.51. The smallest absolute Gasteiger partial charge is 0.142 e. The van der Waals surface area contributed by atoms with E-state index in [1.165, 1.54) is 32.1 Å². The summed E-state index contributed by atoms with van der Waals surface area (Å²) in [6.07, 6.45) is 7.96. The Morgan fingerprint density at radius 2 is 2.10 bits per heavy atom. The van der Waals surface area contributed by atoms with Gasteiger partial charge in [-0.2, -0.15) is 10.4 Å². The van der Waals surface area contributed by atoms with Gasteiger partial charge in [-0.3, -0.25) is 4.68 Å². The molecule has 0 aromatic carbocycles. The molecule has 5 heteroatoms. The molecule has 0 atom stereocenters. The average Bonchev–Trinajstić information content (AvgIpc) is 2.77. The third-order valence-electron chi connectivity index (χ3n) is 4.51. The lowest BCUT2D eigenvalue weighted by atomic mass is 9.94. The topological polar surface area (TPSA) is 56.9 Å². The van der Waals surface area contributed by atoms with Crippen molar-refractivity contribution in [1.82, 2.24) is 14.7 Å². The Morgan fingerprint density at radius 1 is 1.38 bits per heavy atom. The van der Waals surface area contributed by atoms with Crippen molar-refractivity contribution in [1.29, 1.82) is 5.26 Å². The maximum absolute atomic E-state index is 9.18. The molecule has 0 bridgehead atoms. The largest absolute Gasteiger partial charge is 0.369 e. The monoisotopic (exact) mass is 289 g/mol. The highest BCUT2D eigenvalue weighted by Gasteiger charge is 2.17. The average molecular weight is 289 g/mol. The van der Waals surface area contributed by atoms with Crippen LogP contribution in [0.3, 0.4) is 0 Å². The summed E-state index contributed by atoms with van der Waals surface area (Å²) < 4.78 is 1.76. The van der Waals surface area contributed by atoms with Gasteiger partial charge in [0.1, 0.15) is 17.5 Å². The lowest BCUT2D eigenvalue weighted by Crippen LogP contribution is -2.34. The number of nitrogens with zero attached hydrogens (tertiary/aromatic N) is 4. The van der Waals surface area contributed by atoms with Crippen LogP contribution in [-0.4, -0.2) is 40.9 Å². The number of aryl methyl sites for hydroxylation is 2. The molecular weight excluding hydrogens is 262 g/mol. The van der Waals surface area contributed by atoms with E-state index in [9.17, 15) is 5.26 Å². The Bertz CT molecular complexity index is 494. The summed E-state index contributed by atoms with van der Waals surface area (Å²) in [5.74, 6) is 0.843. The van der Waals surface area contributed by atoms with Crippen molar-refractivity contribution in [3.8, 4) is 6.07 Å². The summed E-state index contributed by atoms with van der Waals surface area (Å²) >= 11 is 0. The zero-order chi connectivity index (χ0) is 15.2. The van der Waals surface area contributed by atoms with E-state index in [4.69, 9.17) is 0 Å². The second-order valence-corrected chi connectivity index (χ2v) is 6.10. The minimum absolute atomic E-state index is 0.665. The Balaban J connectivity index is 1.76. The number of aromatic nitrogens is 2. The first-order valence-electron chi connectivity index (χ1n) is 8.01. The number of anilines is 1. The molecule has 5 nitrogen and oxygen atoms in total. The predicted octanol–water partition coefficient (Wildman–Crippen LogP) is 2.67. The first kappa shape index (κ1) is 15.8. The molecule has 116 valence electrons. The van der Waals surface area contributed by atoms with Gasteiger partial charge in [-0.25, -0.2) is 0 Å². The molecule has 1 aromatic rings. The molecule has 1 aliphatic carbocycles. The molecule has 1 saturated carbocycles. The molecule has 1 aromatic heterocycles. The van der Waals surface area contributed by atoms with Crippen molar-refractivity contribution in [2.45, 2.75) is 51.5 Å². The zero-order valence-electron chi connectivity index (χ0n) is 13.5. The van der Waals surface area contributed by atoms with Crippen molar-refractivity contribution < 1.29 is 0 Å². The molecule has 0 radical (unpaired) electrons. The zero-order valence-corrected chi connectivity index (χ0v) is 13.5. The van der Waals surface area contributed by atoms with Crippen LogP contribution in [0.5, 0.6) is 0 Å². The van der Waals surface area contributed by atoms with Gasteiger partial charge in [-0.15, -0.1) is 0 Å². The van der Waals surface area contributed by atoms with E-state index >= 15 is 0 Å². The molecule has 1 heterocycles. The quantitative estimate of drug-likeness (QED) is 0.818. The predicted molar refractivity (Wildman–Crippen MR) is 85.3 cm³/mol.